The third kappa shape index (κ3) is 8.82. The van der Waals surface area contributed by atoms with E-state index in [0.29, 0.717) is 12.2 Å². The molecule has 0 amide bonds. The molecule has 0 spiro atoms. The summed E-state index contributed by atoms with van der Waals surface area (Å²) in [7, 11) is -1.07. The van der Waals surface area contributed by atoms with Gasteiger partial charge in [-0.05, 0) is 33.6 Å². The van der Waals surface area contributed by atoms with Gasteiger partial charge < -0.3 is 0 Å². The minimum Gasteiger partial charge on any atom is -0.262 e. The fraction of sp³-hybridized carbons (Fsp3) is 0.571. The fourth-order valence-electron chi connectivity index (χ4n) is 1.82. The molecule has 0 unspecified atom stereocenters. The Morgan fingerprint density at radius 3 is 2.57 bits per heavy atom. The van der Waals surface area contributed by atoms with E-state index in [1.165, 1.54) is 11.1 Å². The van der Waals surface area contributed by atoms with E-state index in [9.17, 15) is 9.13 Å². The highest BCUT2D eigenvalue weighted by Gasteiger charge is 2.14. The van der Waals surface area contributed by atoms with Crippen molar-refractivity contribution in [1.82, 2.24) is 15.0 Å². The van der Waals surface area contributed by atoms with Crippen molar-refractivity contribution >= 4 is 17.4 Å². The van der Waals surface area contributed by atoms with Crippen LogP contribution in [0.2, 0.25) is 0 Å². The van der Waals surface area contributed by atoms with E-state index in [0.717, 1.165) is 12.8 Å². The second-order valence-corrected chi connectivity index (χ2v) is 6.02. The van der Waals surface area contributed by atoms with Gasteiger partial charge in [0.05, 0.1) is 12.2 Å². The van der Waals surface area contributed by atoms with Gasteiger partial charge in [-0.2, -0.15) is 0 Å². The highest BCUT2D eigenvalue weighted by Crippen LogP contribution is 2.15. The molecule has 1 aromatic heterocycles. The summed E-state index contributed by atoms with van der Waals surface area (Å²) in [6, 6.07) is 0. The Labute approximate surface area is 139 Å². The predicted octanol–water partition coefficient (Wildman–Crippen LogP) is 4.29. The molecular formula is C14H21N3O4P2. The van der Waals surface area contributed by atoms with E-state index in [2.05, 4.69) is 43.2 Å². The number of aromatic nitrogens is 3. The molecule has 0 aromatic carbocycles. The van der Waals surface area contributed by atoms with E-state index in [1.807, 2.05) is 0 Å². The average Bonchev–Trinajstić information content (AvgIpc) is 2.93. The summed E-state index contributed by atoms with van der Waals surface area (Å²) in [4.78, 5) is 0. The minimum atomic E-state index is -0.889. The monoisotopic (exact) mass is 357 g/mol. The zero-order chi connectivity index (χ0) is 17.1. The van der Waals surface area contributed by atoms with Crippen molar-refractivity contribution < 1.29 is 18.2 Å². The maximum absolute atomic E-state index is 10.4. The summed E-state index contributed by atoms with van der Waals surface area (Å²) in [5.41, 5.74) is 3.23. The molecule has 1 heterocycles. The summed E-state index contributed by atoms with van der Waals surface area (Å²) >= 11 is 0. The number of nitrogens with zero attached hydrogens (tertiary/aromatic N) is 3. The molecule has 126 valence electrons. The van der Waals surface area contributed by atoms with Crippen LogP contribution in [0.25, 0.3) is 0 Å². The van der Waals surface area contributed by atoms with E-state index in [-0.39, 0.29) is 6.42 Å². The summed E-state index contributed by atoms with van der Waals surface area (Å²) in [5, 5.41) is 8.00. The Bertz CT molecular complexity index is 558. The third-order valence-corrected chi connectivity index (χ3v) is 3.64. The molecule has 0 radical (unpaired) electrons. The van der Waals surface area contributed by atoms with Crippen LogP contribution in [0.15, 0.2) is 29.5 Å². The van der Waals surface area contributed by atoms with Gasteiger partial charge >= 0.3 is 17.4 Å². The van der Waals surface area contributed by atoms with Crippen molar-refractivity contribution in [1.29, 1.82) is 0 Å². The number of hydrogen-bond acceptors (Lipinski definition) is 6. The van der Waals surface area contributed by atoms with Crippen LogP contribution in [0.3, 0.4) is 0 Å². The normalized spacial score (nSPS) is 13.4. The summed E-state index contributed by atoms with van der Waals surface area (Å²) in [6.07, 6.45) is 7.45. The minimum absolute atomic E-state index is 0.216. The quantitative estimate of drug-likeness (QED) is 0.334. The van der Waals surface area contributed by atoms with Gasteiger partial charge in [-0.25, -0.2) is 13.8 Å². The van der Waals surface area contributed by atoms with Gasteiger partial charge in [0, 0.05) is 12.6 Å². The molecule has 0 saturated carbocycles. The zero-order valence-corrected chi connectivity index (χ0v) is 15.3. The lowest BCUT2D eigenvalue weighted by Crippen LogP contribution is -2.12. The van der Waals surface area contributed by atoms with Crippen LogP contribution in [-0.4, -0.2) is 21.3 Å². The largest absolute Gasteiger partial charge is 0.329 e. The van der Waals surface area contributed by atoms with Crippen LogP contribution in [0.1, 0.15) is 39.3 Å². The molecular weight excluding hydrogens is 336 g/mol. The van der Waals surface area contributed by atoms with Gasteiger partial charge in [0.15, 0.2) is 6.29 Å². The highest BCUT2D eigenvalue weighted by atomic mass is 31.1. The van der Waals surface area contributed by atoms with Crippen molar-refractivity contribution in [3.8, 4) is 0 Å². The Morgan fingerprint density at radius 2 is 1.96 bits per heavy atom. The molecule has 0 bridgehead atoms. The molecule has 1 aromatic rings. The molecule has 9 heteroatoms. The first-order valence-corrected chi connectivity index (χ1v) is 8.66. The number of rotatable bonds is 11. The number of hydrogen-bond donors (Lipinski definition) is 0. The van der Waals surface area contributed by atoms with Crippen LogP contribution in [0.5, 0.6) is 0 Å². The molecule has 0 aliphatic carbocycles. The number of allylic oxidation sites excluding steroid dienone is 4. The van der Waals surface area contributed by atoms with Crippen LogP contribution >= 0.6 is 17.4 Å². The lowest BCUT2D eigenvalue weighted by Gasteiger charge is -2.06. The summed E-state index contributed by atoms with van der Waals surface area (Å²) < 4.78 is 32.1. The van der Waals surface area contributed by atoms with Crippen molar-refractivity contribution in [3.05, 3.63) is 35.2 Å². The fourth-order valence-corrected chi connectivity index (χ4v) is 2.32. The topological polar surface area (TPSA) is 83.3 Å². The first kappa shape index (κ1) is 19.8. The molecule has 0 aliphatic heterocycles. The van der Waals surface area contributed by atoms with Crippen LogP contribution < -0.4 is 0 Å². The van der Waals surface area contributed by atoms with Crippen LogP contribution in [0, 0.1) is 0 Å². The standard InChI is InChI=1S/C14H21N3O4P2/c1-11(2)5-4-6-12(3)7-8-17-10-13(15-16-17)9-14(20-22-18)21-23-19/h5,7,10,14H,4,6,8-9H2,1-3H3/b12-7+. The van der Waals surface area contributed by atoms with Gasteiger partial charge in [-0.3, -0.25) is 9.05 Å². The van der Waals surface area contributed by atoms with Gasteiger partial charge in [-0.15, -0.1) is 5.10 Å². The molecule has 0 N–H and O–H groups in total. The van der Waals surface area contributed by atoms with Crippen molar-refractivity contribution in [2.24, 2.45) is 0 Å². The third-order valence-electron chi connectivity index (χ3n) is 3.00. The van der Waals surface area contributed by atoms with E-state index >= 15 is 0 Å². The van der Waals surface area contributed by atoms with E-state index in [4.69, 9.17) is 9.05 Å². The SMILES string of the molecule is CC(C)=CCC/C(C)=C/Cn1cc(CC(OP=O)OP=O)nn1. The average molecular weight is 357 g/mol. The first-order chi connectivity index (χ1) is 11.0. The van der Waals surface area contributed by atoms with Crippen molar-refractivity contribution in [2.45, 2.75) is 52.9 Å². The molecule has 1 rings (SSSR count). The maximum atomic E-state index is 10.4. The van der Waals surface area contributed by atoms with Crippen molar-refractivity contribution in [2.75, 3.05) is 0 Å². The molecule has 0 atom stereocenters. The molecule has 0 saturated heterocycles. The lowest BCUT2D eigenvalue weighted by atomic mass is 10.1. The Balaban J connectivity index is 2.50. The molecule has 0 aliphatic rings. The van der Waals surface area contributed by atoms with Crippen molar-refractivity contribution in [3.63, 3.8) is 0 Å². The highest BCUT2D eigenvalue weighted by molar-refractivity contribution is 7.18. The van der Waals surface area contributed by atoms with Gasteiger partial charge in [-0.1, -0.05) is 28.5 Å². The Kier molecular flexibility index (Phi) is 9.72. The summed E-state index contributed by atoms with van der Waals surface area (Å²) in [6.45, 7) is 6.90. The first-order valence-electron chi connectivity index (χ1n) is 7.20. The lowest BCUT2D eigenvalue weighted by molar-refractivity contribution is 0.0277. The summed E-state index contributed by atoms with van der Waals surface area (Å²) in [5.74, 6) is 0. The van der Waals surface area contributed by atoms with Crippen LogP contribution in [-0.2, 0) is 31.1 Å². The van der Waals surface area contributed by atoms with Crippen LogP contribution in [0.4, 0.5) is 0 Å². The molecule has 23 heavy (non-hydrogen) atoms. The Morgan fingerprint density at radius 1 is 1.26 bits per heavy atom. The second-order valence-electron chi connectivity index (χ2n) is 5.30. The smallest absolute Gasteiger partial charge is 0.262 e. The van der Waals surface area contributed by atoms with Gasteiger partial charge in [0.1, 0.15) is 0 Å². The molecule has 0 fully saturated rings. The van der Waals surface area contributed by atoms with Gasteiger partial charge in [0.25, 0.3) is 0 Å². The van der Waals surface area contributed by atoms with Gasteiger partial charge in [0.2, 0.25) is 0 Å². The second kappa shape index (κ2) is 11.3. The van der Waals surface area contributed by atoms with E-state index < -0.39 is 23.7 Å². The predicted molar refractivity (Wildman–Crippen MR) is 87.3 cm³/mol. The maximum Gasteiger partial charge on any atom is 0.329 e. The Hall–Kier alpha value is -1.26. The molecule has 7 nitrogen and oxygen atoms in total. The zero-order valence-electron chi connectivity index (χ0n) is 13.5. The van der Waals surface area contributed by atoms with E-state index in [1.54, 1.807) is 10.9 Å².